The fraction of sp³-hybridized carbons (Fsp3) is 0.214. The van der Waals surface area contributed by atoms with Crippen LogP contribution in [-0.4, -0.2) is 21.8 Å². The van der Waals surface area contributed by atoms with Crippen molar-refractivity contribution in [3.63, 3.8) is 0 Å². The zero-order valence-corrected chi connectivity index (χ0v) is 12.7. The number of pyridine rings is 1. The van der Waals surface area contributed by atoms with Crippen molar-refractivity contribution in [1.29, 1.82) is 0 Å². The molecule has 1 atom stereocenters. The summed E-state index contributed by atoms with van der Waals surface area (Å²) in [5.74, 6) is -0.301. The molecule has 1 aliphatic rings. The van der Waals surface area contributed by atoms with E-state index in [1.165, 1.54) is 16.2 Å². The van der Waals surface area contributed by atoms with E-state index in [9.17, 15) is 9.59 Å². The van der Waals surface area contributed by atoms with Gasteiger partial charge in [-0.15, -0.1) is 11.3 Å². The number of nitrogens with one attached hydrogen (secondary N) is 1. The predicted molar refractivity (Wildman–Crippen MR) is 80.0 cm³/mol. The topological polar surface area (TPSA) is 62.3 Å². The number of rotatable bonds is 3. The molecular formula is C14H12ClN3O2S. The molecule has 3 rings (SSSR count). The molecule has 0 spiro atoms. The highest BCUT2D eigenvalue weighted by atomic mass is 35.5. The molecule has 5 nitrogen and oxygen atoms in total. The predicted octanol–water partition coefficient (Wildman–Crippen LogP) is 2.76. The lowest BCUT2D eigenvalue weighted by Crippen LogP contribution is -2.40. The van der Waals surface area contributed by atoms with E-state index < -0.39 is 11.6 Å². The second-order valence-electron chi connectivity index (χ2n) is 4.88. The van der Waals surface area contributed by atoms with Crippen LogP contribution < -0.4 is 5.32 Å². The molecule has 108 valence electrons. The summed E-state index contributed by atoms with van der Waals surface area (Å²) >= 11 is 7.45. The van der Waals surface area contributed by atoms with Crippen LogP contribution >= 0.6 is 22.9 Å². The SMILES string of the molecule is C[C@@]1(c2cccnc2)NC(=O)N(Cc2sccc2Cl)C1=O. The third kappa shape index (κ3) is 2.30. The van der Waals surface area contributed by atoms with Gasteiger partial charge in [-0.3, -0.25) is 14.7 Å². The monoisotopic (exact) mass is 321 g/mol. The highest BCUT2D eigenvalue weighted by Gasteiger charge is 2.49. The standard InChI is InChI=1S/C14H12ClN3O2S/c1-14(9-3-2-5-16-7-9)12(19)18(13(20)17-14)8-11-10(15)4-6-21-11/h2-7H,8H2,1H3,(H,17,20)/t14-/m0/s1. The summed E-state index contributed by atoms with van der Waals surface area (Å²) in [4.78, 5) is 30.8. The fourth-order valence-electron chi connectivity index (χ4n) is 2.28. The van der Waals surface area contributed by atoms with Crippen LogP contribution in [0.1, 0.15) is 17.4 Å². The molecule has 0 aliphatic carbocycles. The highest BCUT2D eigenvalue weighted by molar-refractivity contribution is 7.10. The summed E-state index contributed by atoms with van der Waals surface area (Å²) in [5, 5.41) is 5.13. The Kier molecular flexibility index (Phi) is 3.43. The fourth-order valence-corrected chi connectivity index (χ4v) is 3.36. The van der Waals surface area contributed by atoms with Gasteiger partial charge in [0.05, 0.1) is 11.6 Å². The Morgan fingerprint density at radius 3 is 2.86 bits per heavy atom. The van der Waals surface area contributed by atoms with Crippen LogP contribution in [-0.2, 0) is 16.9 Å². The lowest BCUT2D eigenvalue weighted by Gasteiger charge is -2.21. The van der Waals surface area contributed by atoms with Crippen molar-refractivity contribution in [2.24, 2.45) is 0 Å². The Morgan fingerprint density at radius 2 is 2.24 bits per heavy atom. The number of thiophene rings is 1. The number of imide groups is 1. The third-order valence-corrected chi connectivity index (χ3v) is 4.88. The van der Waals surface area contributed by atoms with Crippen LogP contribution in [0.25, 0.3) is 0 Å². The van der Waals surface area contributed by atoms with E-state index in [0.717, 1.165) is 4.88 Å². The van der Waals surface area contributed by atoms with Crippen molar-refractivity contribution in [1.82, 2.24) is 15.2 Å². The van der Waals surface area contributed by atoms with Gasteiger partial charge in [-0.1, -0.05) is 17.7 Å². The first kappa shape index (κ1) is 14.0. The van der Waals surface area contributed by atoms with Gasteiger partial charge in [-0.05, 0) is 24.4 Å². The minimum Gasteiger partial charge on any atom is -0.319 e. The van der Waals surface area contributed by atoms with Gasteiger partial charge in [-0.2, -0.15) is 0 Å². The second kappa shape index (κ2) is 5.13. The molecule has 0 unspecified atom stereocenters. The number of aromatic nitrogens is 1. The Hall–Kier alpha value is -1.92. The Labute approximate surface area is 130 Å². The molecule has 0 bridgehead atoms. The van der Waals surface area contributed by atoms with E-state index in [0.29, 0.717) is 10.6 Å². The smallest absolute Gasteiger partial charge is 0.319 e. The number of halogens is 1. The van der Waals surface area contributed by atoms with Crippen LogP contribution in [0, 0.1) is 0 Å². The Balaban J connectivity index is 1.91. The van der Waals surface area contributed by atoms with E-state index in [-0.39, 0.29) is 12.5 Å². The van der Waals surface area contributed by atoms with E-state index in [1.54, 1.807) is 37.5 Å². The Morgan fingerprint density at radius 1 is 1.43 bits per heavy atom. The number of nitrogens with zero attached hydrogens (tertiary/aromatic N) is 2. The number of urea groups is 1. The van der Waals surface area contributed by atoms with Crippen molar-refractivity contribution in [2.75, 3.05) is 0 Å². The van der Waals surface area contributed by atoms with Crippen LogP contribution in [0.15, 0.2) is 36.0 Å². The van der Waals surface area contributed by atoms with Gasteiger partial charge in [0.1, 0.15) is 5.54 Å². The van der Waals surface area contributed by atoms with Crippen LogP contribution in [0.3, 0.4) is 0 Å². The molecule has 1 saturated heterocycles. The molecule has 21 heavy (non-hydrogen) atoms. The largest absolute Gasteiger partial charge is 0.325 e. The number of hydrogen-bond donors (Lipinski definition) is 1. The summed E-state index contributed by atoms with van der Waals surface area (Å²) in [6.45, 7) is 1.86. The maximum atomic E-state index is 12.7. The molecule has 0 aromatic carbocycles. The molecule has 7 heteroatoms. The zero-order chi connectivity index (χ0) is 15.0. The molecule has 3 heterocycles. The molecule has 0 radical (unpaired) electrons. The van der Waals surface area contributed by atoms with Crippen molar-refractivity contribution in [2.45, 2.75) is 19.0 Å². The van der Waals surface area contributed by atoms with Gasteiger partial charge in [0.2, 0.25) is 0 Å². The number of hydrogen-bond acceptors (Lipinski definition) is 4. The van der Waals surface area contributed by atoms with Crippen molar-refractivity contribution < 1.29 is 9.59 Å². The van der Waals surface area contributed by atoms with Gasteiger partial charge < -0.3 is 5.32 Å². The van der Waals surface area contributed by atoms with Gasteiger partial charge in [0.15, 0.2) is 0 Å². The Bertz CT molecular complexity index is 703. The van der Waals surface area contributed by atoms with Gasteiger partial charge >= 0.3 is 6.03 Å². The molecule has 1 fully saturated rings. The molecule has 1 N–H and O–H groups in total. The zero-order valence-electron chi connectivity index (χ0n) is 11.2. The second-order valence-corrected chi connectivity index (χ2v) is 6.29. The minimum atomic E-state index is -1.09. The maximum absolute atomic E-state index is 12.7. The lowest BCUT2D eigenvalue weighted by molar-refractivity contribution is -0.131. The summed E-state index contributed by atoms with van der Waals surface area (Å²) < 4.78 is 0. The van der Waals surface area contributed by atoms with Crippen LogP contribution in [0.2, 0.25) is 5.02 Å². The summed E-state index contributed by atoms with van der Waals surface area (Å²) in [5.41, 5.74) is -0.433. The average molecular weight is 322 g/mol. The summed E-state index contributed by atoms with van der Waals surface area (Å²) in [7, 11) is 0. The minimum absolute atomic E-state index is 0.178. The number of carbonyl (C=O) groups excluding carboxylic acids is 2. The van der Waals surface area contributed by atoms with E-state index >= 15 is 0 Å². The molecule has 0 saturated carbocycles. The first-order valence-electron chi connectivity index (χ1n) is 6.29. The summed E-state index contributed by atoms with van der Waals surface area (Å²) in [6.07, 6.45) is 3.21. The molecule has 3 amide bonds. The van der Waals surface area contributed by atoms with Crippen molar-refractivity contribution in [3.8, 4) is 0 Å². The molecule has 2 aromatic rings. The molecule has 1 aliphatic heterocycles. The quantitative estimate of drug-likeness (QED) is 0.884. The number of carbonyl (C=O) groups is 2. The van der Waals surface area contributed by atoms with E-state index in [2.05, 4.69) is 10.3 Å². The average Bonchev–Trinajstić information content (AvgIpc) is 2.98. The van der Waals surface area contributed by atoms with E-state index in [1.807, 2.05) is 5.38 Å². The maximum Gasteiger partial charge on any atom is 0.325 e. The summed E-state index contributed by atoms with van der Waals surface area (Å²) in [6, 6.07) is 4.84. The number of amides is 3. The highest BCUT2D eigenvalue weighted by Crippen LogP contribution is 2.31. The normalized spacial score (nSPS) is 21.7. The van der Waals surface area contributed by atoms with Gasteiger partial charge in [0.25, 0.3) is 5.91 Å². The first-order valence-corrected chi connectivity index (χ1v) is 7.54. The first-order chi connectivity index (χ1) is 10.0. The van der Waals surface area contributed by atoms with Crippen LogP contribution in [0.5, 0.6) is 0 Å². The van der Waals surface area contributed by atoms with Crippen molar-refractivity contribution >= 4 is 34.9 Å². The lowest BCUT2D eigenvalue weighted by atomic mass is 9.93. The van der Waals surface area contributed by atoms with E-state index in [4.69, 9.17) is 11.6 Å². The third-order valence-electron chi connectivity index (χ3n) is 3.51. The molecular weight excluding hydrogens is 310 g/mol. The van der Waals surface area contributed by atoms with Gasteiger partial charge in [0, 0.05) is 22.8 Å². The molecule has 2 aromatic heterocycles. The van der Waals surface area contributed by atoms with Gasteiger partial charge in [-0.25, -0.2) is 4.79 Å². The van der Waals surface area contributed by atoms with Crippen molar-refractivity contribution in [3.05, 3.63) is 51.4 Å². The van der Waals surface area contributed by atoms with Crippen LogP contribution in [0.4, 0.5) is 4.79 Å².